The topological polar surface area (TPSA) is 38.7 Å². The Morgan fingerprint density at radius 2 is 1.84 bits per heavy atom. The summed E-state index contributed by atoms with van der Waals surface area (Å²) in [5, 5.41) is 10.4. The van der Waals surface area contributed by atoms with Crippen molar-refractivity contribution in [3.63, 3.8) is 0 Å². The first-order valence-electron chi connectivity index (χ1n) is 13.1. The maximum atomic E-state index is 10.4. The third kappa shape index (κ3) is 2.83. The fourth-order valence-electron chi connectivity index (χ4n) is 8.51. The molecule has 0 aromatic heterocycles. The van der Waals surface area contributed by atoms with Gasteiger partial charge in [-0.05, 0) is 85.8 Å². The minimum Gasteiger partial charge on any atom is -0.393 e. The van der Waals surface area contributed by atoms with Crippen molar-refractivity contribution in [3.8, 4) is 0 Å². The van der Waals surface area contributed by atoms with Crippen molar-refractivity contribution in [2.45, 2.75) is 104 Å². The van der Waals surface area contributed by atoms with Crippen LogP contribution in [0, 0.1) is 40.4 Å². The Bertz CT molecular complexity index is 870. The van der Waals surface area contributed by atoms with Crippen LogP contribution in [0.25, 0.3) is 0 Å². The molecule has 0 aromatic rings. The number of fused-ring (bicyclic) bond motifs is 2. The standard InChI is InChI=1S/C29H44O3/c1-18(2)21(5)19(3)16-20(4)23-8-9-24-26(23,6)12-11-25-27(7)13-10-22(30)17-28(27)14-15-29(24,25)32-31-28/h11,14-16,18,20-24,30H,8-10,12-13,17H2,1-7H3/t20-,21-,22+,23-,24-,26-,27-,28-,29+/m1/s1. The monoisotopic (exact) mass is 440 g/mol. The lowest BCUT2D eigenvalue weighted by atomic mass is 9.46. The van der Waals surface area contributed by atoms with Crippen LogP contribution in [0.5, 0.6) is 0 Å². The molecule has 0 radical (unpaired) electrons. The SMILES string of the molecule is CC(=C[C@@H](C)[C@H]1CC[C@@H]2[C@]1(C)CC=C1[C@]23C=C[C@]2(C[C@@H](O)CC[C@]12C)OO3)[C@H](C)C(C)C. The first-order valence-corrected chi connectivity index (χ1v) is 13.1. The lowest BCUT2D eigenvalue weighted by Crippen LogP contribution is -2.69. The molecule has 4 aliphatic carbocycles. The van der Waals surface area contributed by atoms with Crippen LogP contribution in [-0.2, 0) is 9.78 Å². The predicted molar refractivity (Wildman–Crippen MR) is 129 cm³/mol. The zero-order valence-electron chi connectivity index (χ0n) is 21.3. The van der Waals surface area contributed by atoms with Crippen LogP contribution in [0.3, 0.4) is 0 Å². The van der Waals surface area contributed by atoms with E-state index in [4.69, 9.17) is 9.78 Å². The van der Waals surface area contributed by atoms with E-state index in [-0.39, 0.29) is 16.9 Å². The minimum atomic E-state index is -0.510. The molecule has 0 unspecified atom stereocenters. The number of rotatable bonds is 4. The highest BCUT2D eigenvalue weighted by molar-refractivity contribution is 5.48. The van der Waals surface area contributed by atoms with E-state index >= 15 is 0 Å². The van der Waals surface area contributed by atoms with Gasteiger partial charge in [0.1, 0.15) is 11.2 Å². The lowest BCUT2D eigenvalue weighted by molar-refractivity contribution is -0.455. The van der Waals surface area contributed by atoms with E-state index in [1.165, 1.54) is 24.0 Å². The van der Waals surface area contributed by atoms with Crippen molar-refractivity contribution >= 4 is 0 Å². The highest BCUT2D eigenvalue weighted by Gasteiger charge is 2.71. The highest BCUT2D eigenvalue weighted by Crippen LogP contribution is 2.71. The van der Waals surface area contributed by atoms with Crippen LogP contribution < -0.4 is 0 Å². The fourth-order valence-corrected chi connectivity index (χ4v) is 8.51. The smallest absolute Gasteiger partial charge is 0.147 e. The van der Waals surface area contributed by atoms with Crippen molar-refractivity contribution in [1.82, 2.24) is 0 Å². The molecule has 6 rings (SSSR count). The van der Waals surface area contributed by atoms with E-state index in [0.29, 0.717) is 36.0 Å². The van der Waals surface area contributed by atoms with Gasteiger partial charge in [-0.3, -0.25) is 0 Å². The fraction of sp³-hybridized carbons (Fsp3) is 0.793. The van der Waals surface area contributed by atoms with Gasteiger partial charge >= 0.3 is 0 Å². The van der Waals surface area contributed by atoms with Gasteiger partial charge in [0.25, 0.3) is 0 Å². The predicted octanol–water partition coefficient (Wildman–Crippen LogP) is 6.78. The van der Waals surface area contributed by atoms with Gasteiger partial charge < -0.3 is 5.11 Å². The van der Waals surface area contributed by atoms with Crippen LogP contribution in [0.2, 0.25) is 0 Å². The first-order chi connectivity index (χ1) is 15.0. The number of hydrogen-bond acceptors (Lipinski definition) is 3. The average Bonchev–Trinajstić information content (AvgIpc) is 3.11. The Morgan fingerprint density at radius 3 is 2.50 bits per heavy atom. The van der Waals surface area contributed by atoms with Gasteiger partial charge in [0.2, 0.25) is 0 Å². The molecule has 9 atom stereocenters. The summed E-state index contributed by atoms with van der Waals surface area (Å²) in [4.78, 5) is 12.7. The summed E-state index contributed by atoms with van der Waals surface area (Å²) in [6.07, 6.45) is 15.4. The van der Waals surface area contributed by atoms with Crippen LogP contribution in [-0.4, -0.2) is 22.4 Å². The van der Waals surface area contributed by atoms with E-state index < -0.39 is 11.2 Å². The van der Waals surface area contributed by atoms with Crippen LogP contribution in [0.15, 0.2) is 35.5 Å². The number of aliphatic hydroxyl groups is 1. The molecular formula is C29H44O3. The Hall–Kier alpha value is -0.900. The Morgan fingerprint density at radius 1 is 1.09 bits per heavy atom. The Balaban J connectivity index is 1.49. The first kappa shape index (κ1) is 22.9. The molecule has 2 saturated carbocycles. The molecule has 1 saturated heterocycles. The zero-order chi connectivity index (χ0) is 23.1. The molecule has 3 fully saturated rings. The van der Waals surface area contributed by atoms with E-state index in [0.717, 1.165) is 19.3 Å². The van der Waals surface area contributed by atoms with E-state index in [9.17, 15) is 5.11 Å². The normalized spacial score (nSPS) is 49.3. The lowest BCUT2D eigenvalue weighted by Gasteiger charge is -2.66. The zero-order valence-corrected chi connectivity index (χ0v) is 21.3. The minimum absolute atomic E-state index is 0.0759. The van der Waals surface area contributed by atoms with Crippen molar-refractivity contribution in [2.24, 2.45) is 40.4 Å². The van der Waals surface area contributed by atoms with Crippen molar-refractivity contribution in [3.05, 3.63) is 35.5 Å². The highest BCUT2D eigenvalue weighted by atomic mass is 17.2. The van der Waals surface area contributed by atoms with Crippen LogP contribution >= 0.6 is 0 Å². The Labute approximate surface area is 195 Å². The molecule has 2 bridgehead atoms. The molecule has 0 aromatic carbocycles. The molecule has 3 nitrogen and oxygen atoms in total. The number of aliphatic hydroxyl groups excluding tert-OH is 1. The van der Waals surface area contributed by atoms with Gasteiger partial charge in [-0.15, -0.1) is 0 Å². The maximum Gasteiger partial charge on any atom is 0.147 e. The molecule has 178 valence electrons. The van der Waals surface area contributed by atoms with Crippen LogP contribution in [0.1, 0.15) is 87.0 Å². The molecular weight excluding hydrogens is 396 g/mol. The third-order valence-electron chi connectivity index (χ3n) is 10.9. The summed E-state index contributed by atoms with van der Waals surface area (Å²) in [6.45, 7) is 16.7. The van der Waals surface area contributed by atoms with Gasteiger partial charge in [-0.1, -0.05) is 59.3 Å². The summed E-state index contributed by atoms with van der Waals surface area (Å²) < 4.78 is 0. The summed E-state index contributed by atoms with van der Waals surface area (Å²) >= 11 is 0. The van der Waals surface area contributed by atoms with Crippen molar-refractivity contribution in [2.75, 3.05) is 0 Å². The second-order valence-electron chi connectivity index (χ2n) is 12.8. The summed E-state index contributed by atoms with van der Waals surface area (Å²) in [6, 6.07) is 0. The largest absolute Gasteiger partial charge is 0.393 e. The molecule has 2 spiro atoms. The molecule has 2 heterocycles. The summed E-state index contributed by atoms with van der Waals surface area (Å²) in [5.41, 5.74) is 2.18. The average molecular weight is 441 g/mol. The second kappa shape index (κ2) is 7.30. The molecule has 6 aliphatic rings. The molecule has 2 aliphatic heterocycles. The molecule has 32 heavy (non-hydrogen) atoms. The van der Waals surface area contributed by atoms with Gasteiger partial charge in [-0.2, -0.15) is 0 Å². The third-order valence-corrected chi connectivity index (χ3v) is 10.9. The molecule has 3 heteroatoms. The number of hydrogen-bond donors (Lipinski definition) is 1. The molecule has 1 N–H and O–H groups in total. The van der Waals surface area contributed by atoms with Gasteiger partial charge in [-0.25, -0.2) is 9.78 Å². The van der Waals surface area contributed by atoms with Gasteiger partial charge in [0, 0.05) is 17.8 Å². The van der Waals surface area contributed by atoms with E-state index in [1.807, 2.05) is 0 Å². The van der Waals surface area contributed by atoms with Crippen molar-refractivity contribution < 1.29 is 14.9 Å². The van der Waals surface area contributed by atoms with E-state index in [2.05, 4.69) is 72.8 Å². The summed E-state index contributed by atoms with van der Waals surface area (Å²) in [7, 11) is 0. The van der Waals surface area contributed by atoms with E-state index in [1.54, 1.807) is 0 Å². The quantitative estimate of drug-likeness (QED) is 0.387. The molecule has 0 amide bonds. The van der Waals surface area contributed by atoms with Gasteiger partial charge in [0.15, 0.2) is 0 Å². The second-order valence-corrected chi connectivity index (χ2v) is 12.8. The van der Waals surface area contributed by atoms with Gasteiger partial charge in [0.05, 0.1) is 6.10 Å². The van der Waals surface area contributed by atoms with Crippen LogP contribution in [0.4, 0.5) is 0 Å². The summed E-state index contributed by atoms with van der Waals surface area (Å²) in [5.74, 6) is 2.97. The Kier molecular flexibility index (Phi) is 5.22. The maximum absolute atomic E-state index is 10.4. The van der Waals surface area contributed by atoms with Crippen molar-refractivity contribution in [1.29, 1.82) is 0 Å². The number of allylic oxidation sites excluding steroid dienone is 3.